The Labute approximate surface area is 123 Å². The molecule has 5 heteroatoms. The fourth-order valence-corrected chi connectivity index (χ4v) is 2.73. The molecule has 1 aromatic carbocycles. The van der Waals surface area contributed by atoms with Gasteiger partial charge in [0, 0.05) is 24.7 Å². The molecule has 0 amide bonds. The molecule has 3 rings (SSSR count). The lowest BCUT2D eigenvalue weighted by Crippen LogP contribution is -2.24. The number of nitrogens with zero attached hydrogens (tertiary/aromatic N) is 2. The summed E-state index contributed by atoms with van der Waals surface area (Å²) in [6.45, 7) is 6.66. The average molecular weight is 286 g/mol. The molecule has 5 nitrogen and oxygen atoms in total. The lowest BCUT2D eigenvalue weighted by molar-refractivity contribution is 0.0690. The first-order valence-electron chi connectivity index (χ1n) is 7.02. The van der Waals surface area contributed by atoms with Crippen molar-refractivity contribution in [1.29, 1.82) is 0 Å². The number of carbonyl (C=O) groups is 1. The van der Waals surface area contributed by atoms with Crippen molar-refractivity contribution < 1.29 is 14.6 Å². The number of fused-ring (bicyclic) bond motifs is 1. The Balaban J connectivity index is 2.07. The topological polar surface area (TPSA) is 64.3 Å². The van der Waals surface area contributed by atoms with Gasteiger partial charge in [-0.25, -0.2) is 4.79 Å². The van der Waals surface area contributed by atoms with Crippen molar-refractivity contribution in [3.8, 4) is 16.9 Å². The van der Waals surface area contributed by atoms with Gasteiger partial charge in [0.25, 0.3) is 0 Å². The molecule has 0 saturated carbocycles. The maximum absolute atomic E-state index is 11.4. The van der Waals surface area contributed by atoms with E-state index >= 15 is 0 Å². The molecular formula is C16H18N2O3. The zero-order valence-corrected chi connectivity index (χ0v) is 12.4. The minimum absolute atomic E-state index is 0.0926. The molecule has 1 aromatic heterocycles. The molecule has 0 bridgehead atoms. The van der Waals surface area contributed by atoms with E-state index in [-0.39, 0.29) is 11.3 Å². The highest BCUT2D eigenvalue weighted by Crippen LogP contribution is 2.37. The summed E-state index contributed by atoms with van der Waals surface area (Å²) >= 11 is 0. The molecule has 2 aromatic rings. The number of carboxylic acids is 1. The van der Waals surface area contributed by atoms with Gasteiger partial charge in [-0.2, -0.15) is 5.10 Å². The molecule has 2 heterocycles. The van der Waals surface area contributed by atoms with Crippen LogP contribution in [0.5, 0.6) is 5.75 Å². The summed E-state index contributed by atoms with van der Waals surface area (Å²) in [5, 5.41) is 13.4. The van der Waals surface area contributed by atoms with Crippen molar-refractivity contribution in [2.75, 3.05) is 0 Å². The summed E-state index contributed by atoms with van der Waals surface area (Å²) in [5.41, 5.74) is 2.52. The van der Waals surface area contributed by atoms with Crippen molar-refractivity contribution in [3.05, 3.63) is 35.7 Å². The molecule has 0 unspecified atom stereocenters. The van der Waals surface area contributed by atoms with Crippen LogP contribution in [0, 0.1) is 0 Å². The van der Waals surface area contributed by atoms with E-state index in [0.717, 1.165) is 23.3 Å². The first-order valence-corrected chi connectivity index (χ1v) is 7.02. The van der Waals surface area contributed by atoms with E-state index in [0.29, 0.717) is 12.1 Å². The molecule has 110 valence electrons. The number of carboxylic acid groups (broad SMARTS) is 1. The third-order valence-electron chi connectivity index (χ3n) is 3.66. The standard InChI is InChI=1S/C16H18N2O3/c1-4-18-9-12(14(17-18)15(19)20)10-5-6-13-11(7-10)8-16(2,3)21-13/h5-7,9H,4,8H2,1-3H3,(H,19,20). The smallest absolute Gasteiger partial charge is 0.357 e. The summed E-state index contributed by atoms with van der Waals surface area (Å²) in [5.74, 6) is -0.127. The van der Waals surface area contributed by atoms with Crippen molar-refractivity contribution >= 4 is 5.97 Å². The Morgan fingerprint density at radius 3 is 2.90 bits per heavy atom. The molecule has 21 heavy (non-hydrogen) atoms. The molecule has 0 fully saturated rings. The van der Waals surface area contributed by atoms with Gasteiger partial charge in [0.2, 0.25) is 0 Å². The van der Waals surface area contributed by atoms with Crippen LogP contribution in [-0.4, -0.2) is 26.5 Å². The highest BCUT2D eigenvalue weighted by molar-refractivity contribution is 5.94. The van der Waals surface area contributed by atoms with E-state index < -0.39 is 5.97 Å². The number of hydrogen-bond donors (Lipinski definition) is 1. The van der Waals surface area contributed by atoms with Crippen LogP contribution in [-0.2, 0) is 13.0 Å². The lowest BCUT2D eigenvalue weighted by Gasteiger charge is -2.16. The first kappa shape index (κ1) is 13.7. The molecule has 0 saturated heterocycles. The molecule has 0 aliphatic carbocycles. The van der Waals surface area contributed by atoms with Crippen LogP contribution in [0.25, 0.3) is 11.1 Å². The van der Waals surface area contributed by atoms with E-state index in [2.05, 4.69) is 5.10 Å². The van der Waals surface area contributed by atoms with Crippen LogP contribution in [0.15, 0.2) is 24.4 Å². The Hall–Kier alpha value is -2.30. The van der Waals surface area contributed by atoms with Gasteiger partial charge in [-0.3, -0.25) is 4.68 Å². The minimum atomic E-state index is -1.01. The minimum Gasteiger partial charge on any atom is -0.487 e. The zero-order valence-electron chi connectivity index (χ0n) is 12.4. The van der Waals surface area contributed by atoms with Gasteiger partial charge >= 0.3 is 5.97 Å². The largest absolute Gasteiger partial charge is 0.487 e. The second kappa shape index (κ2) is 4.62. The summed E-state index contributed by atoms with van der Waals surface area (Å²) in [6.07, 6.45) is 2.60. The molecule has 0 radical (unpaired) electrons. The maximum Gasteiger partial charge on any atom is 0.357 e. The van der Waals surface area contributed by atoms with E-state index in [1.807, 2.05) is 39.0 Å². The predicted molar refractivity (Wildman–Crippen MR) is 78.7 cm³/mol. The summed E-state index contributed by atoms with van der Waals surface area (Å²) < 4.78 is 7.50. The van der Waals surface area contributed by atoms with Crippen LogP contribution < -0.4 is 4.74 Å². The van der Waals surface area contributed by atoms with Gasteiger partial charge in [0.05, 0.1) is 0 Å². The van der Waals surface area contributed by atoms with Crippen LogP contribution in [0.3, 0.4) is 0 Å². The number of rotatable bonds is 3. The second-order valence-corrected chi connectivity index (χ2v) is 5.91. The molecular weight excluding hydrogens is 268 g/mol. The van der Waals surface area contributed by atoms with Crippen LogP contribution >= 0.6 is 0 Å². The lowest BCUT2D eigenvalue weighted by atomic mass is 9.98. The molecule has 1 aliphatic heterocycles. The average Bonchev–Trinajstić information content (AvgIpc) is 2.96. The number of hydrogen-bond acceptors (Lipinski definition) is 3. The van der Waals surface area contributed by atoms with Crippen molar-refractivity contribution in [2.45, 2.75) is 39.3 Å². The Morgan fingerprint density at radius 1 is 1.48 bits per heavy atom. The number of aryl methyl sites for hydroxylation is 1. The van der Waals surface area contributed by atoms with Gasteiger partial charge < -0.3 is 9.84 Å². The normalized spacial score (nSPS) is 15.6. The number of benzene rings is 1. The number of aromatic nitrogens is 2. The zero-order chi connectivity index (χ0) is 15.2. The molecule has 0 atom stereocenters. The summed E-state index contributed by atoms with van der Waals surface area (Å²) in [7, 11) is 0. The highest BCUT2D eigenvalue weighted by atomic mass is 16.5. The van der Waals surface area contributed by atoms with Crippen LogP contribution in [0.4, 0.5) is 0 Å². The van der Waals surface area contributed by atoms with Gasteiger partial charge in [-0.1, -0.05) is 6.07 Å². The predicted octanol–water partition coefficient (Wildman–Crippen LogP) is 2.98. The Morgan fingerprint density at radius 2 is 2.24 bits per heavy atom. The quantitative estimate of drug-likeness (QED) is 0.942. The van der Waals surface area contributed by atoms with E-state index in [1.165, 1.54) is 0 Å². The third-order valence-corrected chi connectivity index (χ3v) is 3.66. The third kappa shape index (κ3) is 2.39. The molecule has 0 spiro atoms. The Kier molecular flexibility index (Phi) is 3.01. The van der Waals surface area contributed by atoms with E-state index in [1.54, 1.807) is 10.9 Å². The monoisotopic (exact) mass is 286 g/mol. The van der Waals surface area contributed by atoms with Crippen LogP contribution in [0.2, 0.25) is 0 Å². The van der Waals surface area contributed by atoms with Gasteiger partial charge in [0.15, 0.2) is 5.69 Å². The summed E-state index contributed by atoms with van der Waals surface area (Å²) in [6, 6.07) is 5.81. The summed E-state index contributed by atoms with van der Waals surface area (Å²) in [4.78, 5) is 11.4. The van der Waals surface area contributed by atoms with Gasteiger partial charge in [-0.05, 0) is 44.0 Å². The Bertz CT molecular complexity index is 716. The SMILES string of the molecule is CCn1cc(-c2ccc3c(c2)CC(C)(C)O3)c(C(=O)O)n1. The highest BCUT2D eigenvalue weighted by Gasteiger charge is 2.30. The van der Waals surface area contributed by atoms with Gasteiger partial charge in [-0.15, -0.1) is 0 Å². The fourth-order valence-electron chi connectivity index (χ4n) is 2.73. The maximum atomic E-state index is 11.4. The molecule has 1 aliphatic rings. The van der Waals surface area contributed by atoms with Crippen LogP contribution in [0.1, 0.15) is 36.8 Å². The number of ether oxygens (including phenoxy) is 1. The van der Waals surface area contributed by atoms with Crippen molar-refractivity contribution in [3.63, 3.8) is 0 Å². The van der Waals surface area contributed by atoms with Gasteiger partial charge in [0.1, 0.15) is 11.4 Å². The molecule has 1 N–H and O–H groups in total. The van der Waals surface area contributed by atoms with E-state index in [4.69, 9.17) is 4.74 Å². The van der Waals surface area contributed by atoms with Crippen molar-refractivity contribution in [2.24, 2.45) is 0 Å². The second-order valence-electron chi connectivity index (χ2n) is 5.91. The number of aromatic carboxylic acids is 1. The van der Waals surface area contributed by atoms with Crippen molar-refractivity contribution in [1.82, 2.24) is 9.78 Å². The fraction of sp³-hybridized carbons (Fsp3) is 0.375. The van der Waals surface area contributed by atoms with E-state index in [9.17, 15) is 9.90 Å². The first-order chi connectivity index (χ1) is 9.89.